The van der Waals surface area contributed by atoms with E-state index in [0.717, 1.165) is 25.9 Å². The van der Waals surface area contributed by atoms with E-state index >= 15 is 0 Å². The van der Waals surface area contributed by atoms with Gasteiger partial charge in [0.15, 0.2) is 0 Å². The third-order valence-electron chi connectivity index (χ3n) is 3.03. The molecule has 5 heteroatoms. The molecule has 5 nitrogen and oxygen atoms in total. The number of carbonyl (C=O) groups is 2. The SMILES string of the molecule is COC(=O)CCC(=O)N1CCC(OC(C)C)CC1. The second kappa shape index (κ2) is 7.36. The zero-order valence-corrected chi connectivity index (χ0v) is 11.5. The number of hydrogen-bond donors (Lipinski definition) is 0. The fraction of sp³-hybridized carbons (Fsp3) is 0.846. The van der Waals surface area contributed by atoms with E-state index in [0.29, 0.717) is 0 Å². The Balaban J connectivity index is 2.25. The van der Waals surface area contributed by atoms with Crippen LogP contribution in [0.4, 0.5) is 0 Å². The van der Waals surface area contributed by atoms with E-state index < -0.39 is 0 Å². The Kier molecular flexibility index (Phi) is 6.12. The van der Waals surface area contributed by atoms with Gasteiger partial charge < -0.3 is 14.4 Å². The molecular weight excluding hydrogens is 234 g/mol. The van der Waals surface area contributed by atoms with Gasteiger partial charge in [0.1, 0.15) is 0 Å². The molecule has 1 amide bonds. The van der Waals surface area contributed by atoms with Crippen molar-refractivity contribution in [3.63, 3.8) is 0 Å². The lowest BCUT2D eigenvalue weighted by Crippen LogP contribution is -2.41. The van der Waals surface area contributed by atoms with Gasteiger partial charge in [-0.25, -0.2) is 0 Å². The topological polar surface area (TPSA) is 55.8 Å². The fourth-order valence-electron chi connectivity index (χ4n) is 2.10. The predicted molar refractivity (Wildman–Crippen MR) is 67.1 cm³/mol. The highest BCUT2D eigenvalue weighted by molar-refractivity contribution is 5.81. The first-order valence-electron chi connectivity index (χ1n) is 6.53. The normalized spacial score (nSPS) is 17.0. The first-order chi connectivity index (χ1) is 8.52. The summed E-state index contributed by atoms with van der Waals surface area (Å²) in [5, 5.41) is 0. The number of amides is 1. The quantitative estimate of drug-likeness (QED) is 0.698. The molecule has 1 aliphatic rings. The summed E-state index contributed by atoms with van der Waals surface area (Å²) in [4.78, 5) is 24.6. The van der Waals surface area contributed by atoms with Gasteiger partial charge in [-0.3, -0.25) is 9.59 Å². The third-order valence-corrected chi connectivity index (χ3v) is 3.03. The van der Waals surface area contributed by atoms with Gasteiger partial charge >= 0.3 is 5.97 Å². The third kappa shape index (κ3) is 5.04. The van der Waals surface area contributed by atoms with Crippen molar-refractivity contribution in [2.45, 2.75) is 51.7 Å². The largest absolute Gasteiger partial charge is 0.469 e. The summed E-state index contributed by atoms with van der Waals surface area (Å²) in [7, 11) is 1.33. The van der Waals surface area contributed by atoms with Gasteiger partial charge in [0, 0.05) is 19.5 Å². The molecule has 104 valence electrons. The number of carbonyl (C=O) groups excluding carboxylic acids is 2. The Bertz CT molecular complexity index is 283. The lowest BCUT2D eigenvalue weighted by Gasteiger charge is -2.32. The van der Waals surface area contributed by atoms with E-state index in [9.17, 15) is 9.59 Å². The van der Waals surface area contributed by atoms with Crippen LogP contribution < -0.4 is 0 Å². The van der Waals surface area contributed by atoms with E-state index in [-0.39, 0.29) is 36.9 Å². The standard InChI is InChI=1S/C13H23NO4/c1-10(2)18-11-6-8-14(9-7-11)12(15)4-5-13(16)17-3/h10-11H,4-9H2,1-3H3. The Labute approximate surface area is 108 Å². The van der Waals surface area contributed by atoms with E-state index in [2.05, 4.69) is 4.74 Å². The molecule has 1 aliphatic heterocycles. The van der Waals surface area contributed by atoms with Gasteiger partial charge in [0.25, 0.3) is 0 Å². The lowest BCUT2D eigenvalue weighted by molar-refractivity contribution is -0.144. The van der Waals surface area contributed by atoms with Crippen molar-refractivity contribution in [3.8, 4) is 0 Å². The van der Waals surface area contributed by atoms with Crippen molar-refractivity contribution in [2.75, 3.05) is 20.2 Å². The first kappa shape index (κ1) is 15.0. The molecule has 18 heavy (non-hydrogen) atoms. The zero-order valence-electron chi connectivity index (χ0n) is 11.5. The molecule has 1 rings (SSSR count). The maximum atomic E-state index is 11.8. The summed E-state index contributed by atoms with van der Waals surface area (Å²) in [5.74, 6) is -0.301. The maximum absolute atomic E-state index is 11.8. The van der Waals surface area contributed by atoms with Crippen LogP contribution in [0.5, 0.6) is 0 Å². The highest BCUT2D eigenvalue weighted by Crippen LogP contribution is 2.16. The van der Waals surface area contributed by atoms with Crippen LogP contribution in [-0.4, -0.2) is 49.2 Å². The van der Waals surface area contributed by atoms with Crippen LogP contribution in [0.25, 0.3) is 0 Å². The molecule has 0 saturated carbocycles. The number of methoxy groups -OCH3 is 1. The smallest absolute Gasteiger partial charge is 0.306 e. The number of ether oxygens (including phenoxy) is 2. The molecule has 0 N–H and O–H groups in total. The van der Waals surface area contributed by atoms with Gasteiger partial charge in [0.2, 0.25) is 5.91 Å². The average molecular weight is 257 g/mol. The average Bonchev–Trinajstić information content (AvgIpc) is 2.35. The molecule has 0 aromatic heterocycles. The molecule has 0 bridgehead atoms. The molecule has 0 unspecified atom stereocenters. The number of piperidine rings is 1. The van der Waals surface area contributed by atoms with Gasteiger partial charge in [-0.2, -0.15) is 0 Å². The number of rotatable bonds is 5. The maximum Gasteiger partial charge on any atom is 0.306 e. The second-order valence-electron chi connectivity index (χ2n) is 4.84. The Hall–Kier alpha value is -1.10. The van der Waals surface area contributed by atoms with Crippen LogP contribution in [-0.2, 0) is 19.1 Å². The summed E-state index contributed by atoms with van der Waals surface area (Å²) < 4.78 is 10.2. The summed E-state index contributed by atoms with van der Waals surface area (Å²) in [5.41, 5.74) is 0. The monoisotopic (exact) mass is 257 g/mol. The fourth-order valence-corrected chi connectivity index (χ4v) is 2.10. The van der Waals surface area contributed by atoms with Crippen molar-refractivity contribution in [3.05, 3.63) is 0 Å². The van der Waals surface area contributed by atoms with Gasteiger partial charge in [-0.1, -0.05) is 0 Å². The molecule has 1 fully saturated rings. The predicted octanol–water partition coefficient (Wildman–Crippen LogP) is 1.36. The molecular formula is C13H23NO4. The minimum atomic E-state index is -0.332. The molecule has 0 aliphatic carbocycles. The summed E-state index contributed by atoms with van der Waals surface area (Å²) in [6, 6.07) is 0. The number of nitrogens with zero attached hydrogens (tertiary/aromatic N) is 1. The summed E-state index contributed by atoms with van der Waals surface area (Å²) >= 11 is 0. The van der Waals surface area contributed by atoms with Crippen molar-refractivity contribution in [1.82, 2.24) is 4.90 Å². The van der Waals surface area contributed by atoms with Gasteiger partial charge in [-0.15, -0.1) is 0 Å². The van der Waals surface area contributed by atoms with Crippen LogP contribution in [0.1, 0.15) is 39.5 Å². The van der Waals surface area contributed by atoms with Crippen LogP contribution >= 0.6 is 0 Å². The van der Waals surface area contributed by atoms with Crippen molar-refractivity contribution < 1.29 is 19.1 Å². The lowest BCUT2D eigenvalue weighted by atomic mass is 10.1. The van der Waals surface area contributed by atoms with Crippen molar-refractivity contribution in [2.24, 2.45) is 0 Å². The molecule has 0 atom stereocenters. The number of hydrogen-bond acceptors (Lipinski definition) is 4. The zero-order chi connectivity index (χ0) is 13.5. The Morgan fingerprint density at radius 1 is 1.22 bits per heavy atom. The van der Waals surface area contributed by atoms with Gasteiger partial charge in [-0.05, 0) is 26.7 Å². The minimum Gasteiger partial charge on any atom is -0.469 e. The van der Waals surface area contributed by atoms with Gasteiger partial charge in [0.05, 0.1) is 25.7 Å². The van der Waals surface area contributed by atoms with E-state index in [1.807, 2.05) is 18.7 Å². The van der Waals surface area contributed by atoms with E-state index in [4.69, 9.17) is 4.74 Å². The van der Waals surface area contributed by atoms with E-state index in [1.54, 1.807) is 0 Å². The molecule has 0 aromatic carbocycles. The second-order valence-corrected chi connectivity index (χ2v) is 4.84. The van der Waals surface area contributed by atoms with Crippen LogP contribution in [0.15, 0.2) is 0 Å². The first-order valence-corrected chi connectivity index (χ1v) is 6.53. The highest BCUT2D eigenvalue weighted by atomic mass is 16.5. The van der Waals surface area contributed by atoms with Crippen LogP contribution in [0.2, 0.25) is 0 Å². The molecule has 1 saturated heterocycles. The van der Waals surface area contributed by atoms with Crippen LogP contribution in [0, 0.1) is 0 Å². The number of esters is 1. The molecule has 0 aromatic rings. The van der Waals surface area contributed by atoms with Crippen molar-refractivity contribution in [1.29, 1.82) is 0 Å². The van der Waals surface area contributed by atoms with E-state index in [1.165, 1.54) is 7.11 Å². The molecule has 0 radical (unpaired) electrons. The summed E-state index contributed by atoms with van der Waals surface area (Å²) in [6.45, 7) is 5.48. The summed E-state index contributed by atoms with van der Waals surface area (Å²) in [6.07, 6.45) is 2.65. The molecule has 0 spiro atoms. The Morgan fingerprint density at radius 2 is 1.83 bits per heavy atom. The van der Waals surface area contributed by atoms with Crippen molar-refractivity contribution >= 4 is 11.9 Å². The molecule has 1 heterocycles. The highest BCUT2D eigenvalue weighted by Gasteiger charge is 2.23. The minimum absolute atomic E-state index is 0.0309. The number of likely N-dealkylation sites (tertiary alicyclic amines) is 1. The Morgan fingerprint density at radius 3 is 2.33 bits per heavy atom. The van der Waals surface area contributed by atoms with Crippen LogP contribution in [0.3, 0.4) is 0 Å².